The van der Waals surface area contributed by atoms with Gasteiger partial charge >= 0.3 is 5.97 Å². The van der Waals surface area contributed by atoms with Crippen LogP contribution in [0.25, 0.3) is 0 Å². The van der Waals surface area contributed by atoms with E-state index in [1.807, 2.05) is 24.3 Å². The number of aliphatic carboxylic acids is 1. The molecule has 3 rings (SSSR count). The Morgan fingerprint density at radius 3 is 2.57 bits per heavy atom. The zero-order valence-corrected chi connectivity index (χ0v) is 12.9. The summed E-state index contributed by atoms with van der Waals surface area (Å²) >= 11 is 3.43. The van der Waals surface area contributed by atoms with Crippen molar-refractivity contribution in [3.63, 3.8) is 0 Å². The number of halogens is 1. The lowest BCUT2D eigenvalue weighted by molar-refractivity contribution is -0.147. The minimum absolute atomic E-state index is 0.231. The van der Waals surface area contributed by atoms with Crippen LogP contribution in [0, 0.1) is 11.8 Å². The second kappa shape index (κ2) is 5.77. The molecule has 2 aliphatic heterocycles. The number of carboxylic acids is 1. The molecule has 0 spiro atoms. The first-order valence-electron chi connectivity index (χ1n) is 6.97. The molecule has 0 saturated carbocycles. The van der Waals surface area contributed by atoms with Crippen molar-refractivity contribution in [3.8, 4) is 0 Å². The lowest BCUT2D eigenvalue weighted by Gasteiger charge is -2.24. The fourth-order valence-corrected chi connectivity index (χ4v) is 3.69. The van der Waals surface area contributed by atoms with Crippen molar-refractivity contribution in [2.75, 3.05) is 0 Å². The zero-order chi connectivity index (χ0) is 15.0. The summed E-state index contributed by atoms with van der Waals surface area (Å²) in [5.41, 5.74) is 0.960. The quantitative estimate of drug-likeness (QED) is 0.867. The Labute approximate surface area is 130 Å². The van der Waals surface area contributed by atoms with Crippen LogP contribution in [0.1, 0.15) is 18.4 Å². The molecular weight excluding hydrogens is 338 g/mol. The normalized spacial score (nSPS) is 30.3. The van der Waals surface area contributed by atoms with Gasteiger partial charge in [-0.05, 0) is 24.5 Å². The molecule has 1 amide bonds. The van der Waals surface area contributed by atoms with Gasteiger partial charge in [0, 0.05) is 11.0 Å². The number of hydrogen-bond acceptors (Lipinski definition) is 3. The van der Waals surface area contributed by atoms with E-state index in [2.05, 4.69) is 21.2 Å². The van der Waals surface area contributed by atoms with Crippen molar-refractivity contribution in [1.82, 2.24) is 5.32 Å². The molecule has 5 nitrogen and oxygen atoms in total. The molecule has 6 heteroatoms. The van der Waals surface area contributed by atoms with Crippen molar-refractivity contribution in [3.05, 3.63) is 34.3 Å². The fourth-order valence-electron chi connectivity index (χ4n) is 3.27. The summed E-state index contributed by atoms with van der Waals surface area (Å²) in [7, 11) is 0. The van der Waals surface area contributed by atoms with E-state index in [9.17, 15) is 14.7 Å². The van der Waals surface area contributed by atoms with E-state index in [1.165, 1.54) is 0 Å². The number of carbonyl (C=O) groups excluding carboxylic acids is 1. The van der Waals surface area contributed by atoms with Crippen LogP contribution in [-0.4, -0.2) is 29.2 Å². The SMILES string of the molecule is O=C(NCc1ccccc1Br)[C@@H]1[C@H](C(=O)O)[C@@H]2CC[C@H]1O2. The van der Waals surface area contributed by atoms with Crippen LogP contribution < -0.4 is 5.32 Å². The van der Waals surface area contributed by atoms with Gasteiger partial charge in [0.25, 0.3) is 0 Å². The van der Waals surface area contributed by atoms with Crippen LogP contribution in [0.3, 0.4) is 0 Å². The molecule has 2 saturated heterocycles. The number of hydrogen-bond donors (Lipinski definition) is 2. The highest BCUT2D eigenvalue weighted by molar-refractivity contribution is 9.10. The van der Waals surface area contributed by atoms with Gasteiger partial charge in [-0.25, -0.2) is 0 Å². The molecule has 0 aromatic heterocycles. The molecule has 112 valence electrons. The van der Waals surface area contributed by atoms with Crippen molar-refractivity contribution in [1.29, 1.82) is 0 Å². The Bertz CT molecular complexity index is 577. The van der Waals surface area contributed by atoms with E-state index >= 15 is 0 Å². The Morgan fingerprint density at radius 2 is 1.90 bits per heavy atom. The molecule has 21 heavy (non-hydrogen) atoms. The smallest absolute Gasteiger partial charge is 0.310 e. The average Bonchev–Trinajstić information content (AvgIpc) is 3.06. The van der Waals surface area contributed by atoms with Crippen LogP contribution in [0.15, 0.2) is 28.7 Å². The van der Waals surface area contributed by atoms with Crippen LogP contribution in [0.5, 0.6) is 0 Å². The van der Waals surface area contributed by atoms with E-state index < -0.39 is 17.8 Å². The van der Waals surface area contributed by atoms with Crippen molar-refractivity contribution in [2.24, 2.45) is 11.8 Å². The van der Waals surface area contributed by atoms with Gasteiger partial charge in [0.15, 0.2) is 0 Å². The molecule has 2 bridgehead atoms. The van der Waals surface area contributed by atoms with E-state index in [4.69, 9.17) is 4.74 Å². The number of rotatable bonds is 4. The minimum atomic E-state index is -0.941. The molecule has 0 radical (unpaired) electrons. The maximum absolute atomic E-state index is 12.4. The van der Waals surface area contributed by atoms with Crippen LogP contribution in [0.2, 0.25) is 0 Å². The molecular formula is C15H16BrNO4. The highest BCUT2D eigenvalue weighted by Crippen LogP contribution is 2.43. The van der Waals surface area contributed by atoms with Crippen LogP contribution >= 0.6 is 15.9 Å². The van der Waals surface area contributed by atoms with Gasteiger partial charge in [0.05, 0.1) is 24.0 Å². The predicted molar refractivity (Wildman–Crippen MR) is 78.5 cm³/mol. The number of amides is 1. The second-order valence-corrected chi connectivity index (χ2v) is 6.34. The third-order valence-electron chi connectivity index (χ3n) is 4.27. The minimum Gasteiger partial charge on any atom is -0.481 e. The van der Waals surface area contributed by atoms with Crippen LogP contribution in [0.4, 0.5) is 0 Å². The standard InChI is InChI=1S/C15H16BrNO4/c16-9-4-2-1-3-8(9)7-17-14(18)12-10-5-6-11(21-10)13(12)15(19)20/h1-4,10-13H,5-7H2,(H,17,18)(H,19,20)/t10-,11+,12+,13-/m1/s1. The van der Waals surface area contributed by atoms with E-state index in [-0.39, 0.29) is 18.1 Å². The molecule has 4 atom stereocenters. The first kappa shape index (κ1) is 14.5. The van der Waals surface area contributed by atoms with E-state index in [0.717, 1.165) is 22.9 Å². The molecule has 1 aromatic carbocycles. The van der Waals surface area contributed by atoms with E-state index in [0.29, 0.717) is 6.54 Å². The first-order valence-corrected chi connectivity index (χ1v) is 7.76. The summed E-state index contributed by atoms with van der Waals surface area (Å²) in [4.78, 5) is 23.7. The van der Waals surface area contributed by atoms with Gasteiger partial charge in [-0.3, -0.25) is 9.59 Å². The highest BCUT2D eigenvalue weighted by atomic mass is 79.9. The zero-order valence-electron chi connectivity index (χ0n) is 11.3. The molecule has 0 aliphatic carbocycles. The van der Waals surface area contributed by atoms with Gasteiger partial charge in [-0.1, -0.05) is 34.1 Å². The van der Waals surface area contributed by atoms with E-state index in [1.54, 1.807) is 0 Å². The summed E-state index contributed by atoms with van der Waals surface area (Å²) in [6.45, 7) is 0.375. The topological polar surface area (TPSA) is 75.6 Å². The summed E-state index contributed by atoms with van der Waals surface area (Å²) in [5, 5.41) is 12.2. The predicted octanol–water partition coefficient (Wildman–Crippen LogP) is 1.94. The number of nitrogens with one attached hydrogen (secondary N) is 1. The van der Waals surface area contributed by atoms with Gasteiger partial charge in [0.2, 0.25) is 5.91 Å². The molecule has 2 aliphatic rings. The summed E-state index contributed by atoms with van der Waals surface area (Å²) in [5.74, 6) is -2.47. The largest absolute Gasteiger partial charge is 0.481 e. The average molecular weight is 354 g/mol. The molecule has 2 fully saturated rings. The Kier molecular flexibility index (Phi) is 3.99. The third kappa shape index (κ3) is 2.70. The van der Waals surface area contributed by atoms with Crippen molar-refractivity contribution >= 4 is 27.8 Å². The summed E-state index contributed by atoms with van der Waals surface area (Å²) in [6.07, 6.45) is 0.930. The number of carboxylic acid groups (broad SMARTS) is 1. The monoisotopic (exact) mass is 353 g/mol. The number of benzene rings is 1. The van der Waals surface area contributed by atoms with Gasteiger partial charge < -0.3 is 15.2 Å². The second-order valence-electron chi connectivity index (χ2n) is 5.49. The lowest BCUT2D eigenvalue weighted by Crippen LogP contribution is -2.43. The highest BCUT2D eigenvalue weighted by Gasteiger charge is 2.55. The van der Waals surface area contributed by atoms with Crippen molar-refractivity contribution in [2.45, 2.75) is 31.6 Å². The Balaban J connectivity index is 1.68. The molecule has 0 unspecified atom stereocenters. The van der Waals surface area contributed by atoms with Gasteiger partial charge in [-0.2, -0.15) is 0 Å². The number of ether oxygens (including phenoxy) is 1. The Hall–Kier alpha value is -1.40. The molecule has 2 heterocycles. The molecule has 2 N–H and O–H groups in total. The number of fused-ring (bicyclic) bond motifs is 2. The molecule has 1 aromatic rings. The summed E-state index contributed by atoms with van der Waals surface area (Å²) < 4.78 is 6.53. The lowest BCUT2D eigenvalue weighted by atomic mass is 9.78. The number of carbonyl (C=O) groups is 2. The first-order chi connectivity index (χ1) is 10.1. The maximum Gasteiger partial charge on any atom is 0.310 e. The Morgan fingerprint density at radius 1 is 1.24 bits per heavy atom. The fraction of sp³-hybridized carbons (Fsp3) is 0.467. The summed E-state index contributed by atoms with van der Waals surface area (Å²) in [6, 6.07) is 7.62. The van der Waals surface area contributed by atoms with Gasteiger partial charge in [-0.15, -0.1) is 0 Å². The van der Waals surface area contributed by atoms with Crippen molar-refractivity contribution < 1.29 is 19.4 Å². The third-order valence-corrected chi connectivity index (χ3v) is 5.05. The van der Waals surface area contributed by atoms with Crippen LogP contribution in [-0.2, 0) is 20.9 Å². The maximum atomic E-state index is 12.4. The van der Waals surface area contributed by atoms with Gasteiger partial charge in [0.1, 0.15) is 0 Å².